The molecular formula is C21H19NO2S. The number of thiophene rings is 1. The molecule has 1 atom stereocenters. The van der Waals surface area contributed by atoms with Gasteiger partial charge in [-0.3, -0.25) is 4.79 Å². The van der Waals surface area contributed by atoms with E-state index in [1.54, 1.807) is 24.5 Å². The van der Waals surface area contributed by atoms with Gasteiger partial charge in [-0.05, 0) is 40.8 Å². The van der Waals surface area contributed by atoms with E-state index in [1.165, 1.54) is 0 Å². The zero-order valence-corrected chi connectivity index (χ0v) is 14.7. The van der Waals surface area contributed by atoms with Gasteiger partial charge in [-0.2, -0.15) is 0 Å². The third kappa shape index (κ3) is 4.58. The summed E-state index contributed by atoms with van der Waals surface area (Å²) in [5.74, 6) is 0.664. The number of methoxy groups -OCH3 is 1. The molecule has 1 N–H and O–H groups in total. The van der Waals surface area contributed by atoms with Gasteiger partial charge in [-0.25, -0.2) is 0 Å². The molecule has 1 aromatic heterocycles. The lowest BCUT2D eigenvalue weighted by molar-refractivity contribution is -0.116. The number of rotatable bonds is 6. The second kappa shape index (κ2) is 8.31. The molecule has 0 aliphatic rings. The first kappa shape index (κ1) is 17.0. The molecule has 0 fully saturated rings. The molecule has 1 amide bonds. The van der Waals surface area contributed by atoms with Crippen molar-refractivity contribution in [1.29, 1.82) is 0 Å². The molecule has 0 saturated carbocycles. The summed E-state index contributed by atoms with van der Waals surface area (Å²) in [6, 6.07) is 21.4. The van der Waals surface area contributed by atoms with E-state index in [-0.39, 0.29) is 11.9 Å². The summed E-state index contributed by atoms with van der Waals surface area (Å²) in [6.07, 6.45) is 3.40. The molecule has 25 heavy (non-hydrogen) atoms. The molecule has 0 bridgehead atoms. The number of carbonyl (C=O) groups excluding carboxylic acids is 1. The molecule has 2 aromatic carbocycles. The second-order valence-electron chi connectivity index (χ2n) is 5.47. The summed E-state index contributed by atoms with van der Waals surface area (Å²) in [5, 5.41) is 5.08. The van der Waals surface area contributed by atoms with Crippen LogP contribution >= 0.6 is 11.3 Å². The Morgan fingerprint density at radius 1 is 1.00 bits per heavy atom. The van der Waals surface area contributed by atoms with Crippen LogP contribution in [-0.2, 0) is 4.79 Å². The maximum absolute atomic E-state index is 12.4. The predicted octanol–water partition coefficient (Wildman–Crippen LogP) is 4.68. The number of benzene rings is 2. The van der Waals surface area contributed by atoms with Crippen molar-refractivity contribution in [3.8, 4) is 5.75 Å². The monoisotopic (exact) mass is 349 g/mol. The van der Waals surface area contributed by atoms with E-state index in [0.29, 0.717) is 0 Å². The minimum atomic E-state index is -0.215. The molecule has 3 nitrogen and oxygen atoms in total. The summed E-state index contributed by atoms with van der Waals surface area (Å²) in [5.41, 5.74) is 2.04. The van der Waals surface area contributed by atoms with E-state index in [9.17, 15) is 4.79 Å². The average Bonchev–Trinajstić information content (AvgIpc) is 3.19. The first-order chi connectivity index (χ1) is 12.3. The number of hydrogen-bond donors (Lipinski definition) is 1. The van der Waals surface area contributed by atoms with Crippen LogP contribution in [0.4, 0.5) is 0 Å². The predicted molar refractivity (Wildman–Crippen MR) is 103 cm³/mol. The Bertz CT molecular complexity index is 824. The van der Waals surface area contributed by atoms with Crippen LogP contribution < -0.4 is 10.1 Å². The lowest BCUT2D eigenvalue weighted by atomic mass is 9.98. The van der Waals surface area contributed by atoms with E-state index in [1.807, 2.05) is 78.2 Å². The number of hydrogen-bond acceptors (Lipinski definition) is 3. The molecule has 0 aliphatic carbocycles. The van der Waals surface area contributed by atoms with Crippen molar-refractivity contribution in [2.24, 2.45) is 0 Å². The van der Waals surface area contributed by atoms with Gasteiger partial charge in [-0.1, -0.05) is 48.5 Å². The van der Waals surface area contributed by atoms with Crippen molar-refractivity contribution in [3.05, 3.63) is 94.2 Å². The Balaban J connectivity index is 1.82. The Morgan fingerprint density at radius 3 is 2.36 bits per heavy atom. The van der Waals surface area contributed by atoms with E-state index < -0.39 is 0 Å². The molecule has 0 aliphatic heterocycles. The molecule has 126 valence electrons. The van der Waals surface area contributed by atoms with Gasteiger partial charge in [0.2, 0.25) is 5.91 Å². The molecule has 0 unspecified atom stereocenters. The van der Waals surface area contributed by atoms with Gasteiger partial charge < -0.3 is 10.1 Å². The van der Waals surface area contributed by atoms with Gasteiger partial charge in [0, 0.05) is 11.0 Å². The van der Waals surface area contributed by atoms with Crippen molar-refractivity contribution in [3.63, 3.8) is 0 Å². The standard InChI is InChI=1S/C21H19NO2S/c1-24-18-11-9-17(10-12-18)21(16-6-3-2-4-7-16)22-20(23)14-13-19-8-5-15-25-19/h2-15,21H,1H3,(H,22,23)/b14-13+/t21-/m1/s1. The maximum Gasteiger partial charge on any atom is 0.244 e. The molecule has 3 aromatic rings. The van der Waals surface area contributed by atoms with Crippen LogP contribution in [-0.4, -0.2) is 13.0 Å². The Kier molecular flexibility index (Phi) is 5.65. The SMILES string of the molecule is COc1ccc([C@H](NC(=O)/C=C/c2cccs2)c2ccccc2)cc1. The quantitative estimate of drug-likeness (QED) is 0.657. The van der Waals surface area contributed by atoms with Gasteiger partial charge in [0.15, 0.2) is 0 Å². The Hall–Kier alpha value is -2.85. The van der Waals surface area contributed by atoms with Gasteiger partial charge in [-0.15, -0.1) is 11.3 Å². The first-order valence-electron chi connectivity index (χ1n) is 7.97. The van der Waals surface area contributed by atoms with E-state index in [4.69, 9.17) is 4.74 Å². The molecule has 1 heterocycles. The average molecular weight is 349 g/mol. The largest absolute Gasteiger partial charge is 0.497 e. The van der Waals surface area contributed by atoms with Crippen molar-refractivity contribution in [2.75, 3.05) is 7.11 Å². The van der Waals surface area contributed by atoms with Crippen molar-refractivity contribution in [1.82, 2.24) is 5.32 Å². The van der Waals surface area contributed by atoms with Crippen LogP contribution in [0.15, 0.2) is 78.2 Å². The highest BCUT2D eigenvalue weighted by Gasteiger charge is 2.15. The molecule has 0 saturated heterocycles. The topological polar surface area (TPSA) is 38.3 Å². The summed E-state index contributed by atoms with van der Waals surface area (Å²) in [7, 11) is 1.64. The Labute approximate surface area is 151 Å². The zero-order valence-electron chi connectivity index (χ0n) is 13.9. The molecule has 0 radical (unpaired) electrons. The van der Waals surface area contributed by atoms with Crippen LogP contribution in [0.5, 0.6) is 5.75 Å². The first-order valence-corrected chi connectivity index (χ1v) is 8.85. The summed E-state index contributed by atoms with van der Waals surface area (Å²) < 4.78 is 5.22. The fourth-order valence-electron chi connectivity index (χ4n) is 2.54. The van der Waals surface area contributed by atoms with Gasteiger partial charge in [0.05, 0.1) is 13.2 Å². The molecule has 3 rings (SSSR count). The highest BCUT2D eigenvalue weighted by molar-refractivity contribution is 7.10. The van der Waals surface area contributed by atoms with Crippen LogP contribution in [0.3, 0.4) is 0 Å². The Morgan fingerprint density at radius 2 is 1.72 bits per heavy atom. The van der Waals surface area contributed by atoms with E-state index >= 15 is 0 Å². The summed E-state index contributed by atoms with van der Waals surface area (Å²) in [4.78, 5) is 13.5. The van der Waals surface area contributed by atoms with E-state index in [0.717, 1.165) is 21.8 Å². The van der Waals surface area contributed by atoms with Gasteiger partial charge in [0.1, 0.15) is 5.75 Å². The highest BCUT2D eigenvalue weighted by Crippen LogP contribution is 2.24. The summed E-state index contributed by atoms with van der Waals surface area (Å²) >= 11 is 1.60. The second-order valence-corrected chi connectivity index (χ2v) is 6.45. The van der Waals surface area contributed by atoms with Crippen LogP contribution in [0.1, 0.15) is 22.0 Å². The number of nitrogens with one attached hydrogen (secondary N) is 1. The third-order valence-electron chi connectivity index (χ3n) is 3.81. The maximum atomic E-state index is 12.4. The molecule has 4 heteroatoms. The van der Waals surface area contributed by atoms with Crippen molar-refractivity contribution >= 4 is 23.3 Å². The van der Waals surface area contributed by atoms with Gasteiger partial charge >= 0.3 is 0 Å². The van der Waals surface area contributed by atoms with Gasteiger partial charge in [0.25, 0.3) is 0 Å². The smallest absolute Gasteiger partial charge is 0.244 e. The number of ether oxygens (including phenoxy) is 1. The number of amides is 1. The fraction of sp³-hybridized carbons (Fsp3) is 0.0952. The fourth-order valence-corrected chi connectivity index (χ4v) is 3.15. The van der Waals surface area contributed by atoms with Crippen molar-refractivity contribution in [2.45, 2.75) is 6.04 Å². The minimum absolute atomic E-state index is 0.127. The zero-order chi connectivity index (χ0) is 17.5. The van der Waals surface area contributed by atoms with Crippen LogP contribution in [0, 0.1) is 0 Å². The third-order valence-corrected chi connectivity index (χ3v) is 4.65. The molecule has 0 spiro atoms. The minimum Gasteiger partial charge on any atom is -0.497 e. The van der Waals surface area contributed by atoms with Crippen LogP contribution in [0.25, 0.3) is 6.08 Å². The highest BCUT2D eigenvalue weighted by atomic mass is 32.1. The number of carbonyl (C=O) groups is 1. The molecular weight excluding hydrogens is 330 g/mol. The lowest BCUT2D eigenvalue weighted by Crippen LogP contribution is -2.27. The van der Waals surface area contributed by atoms with E-state index in [2.05, 4.69) is 5.32 Å². The lowest BCUT2D eigenvalue weighted by Gasteiger charge is -2.19. The summed E-state index contributed by atoms with van der Waals surface area (Å²) in [6.45, 7) is 0. The van der Waals surface area contributed by atoms with Crippen molar-refractivity contribution < 1.29 is 9.53 Å². The van der Waals surface area contributed by atoms with Crippen LogP contribution in [0.2, 0.25) is 0 Å². The normalized spacial score (nSPS) is 12.0.